The second-order valence-electron chi connectivity index (χ2n) is 8.53. The quantitative estimate of drug-likeness (QED) is 0.224. The van der Waals surface area contributed by atoms with Gasteiger partial charge in [0.05, 0.1) is 39.1 Å². The molecule has 3 aromatic carbocycles. The number of methoxy groups -OCH3 is 1. The Morgan fingerprint density at radius 1 is 1.18 bits per heavy atom. The predicted octanol–water partition coefficient (Wildman–Crippen LogP) is 5.02. The molecule has 1 atom stereocenters. The molecule has 1 N–H and O–H groups in total. The third kappa shape index (κ3) is 5.32. The van der Waals surface area contributed by atoms with Crippen LogP contribution in [0.25, 0.3) is 11.8 Å². The van der Waals surface area contributed by atoms with Crippen molar-refractivity contribution in [2.75, 3.05) is 13.7 Å². The van der Waals surface area contributed by atoms with Crippen LogP contribution in [0.3, 0.4) is 0 Å². The first kappa shape index (κ1) is 27.4. The number of hydrogen-bond acceptors (Lipinski definition) is 7. The molecule has 198 valence electrons. The summed E-state index contributed by atoms with van der Waals surface area (Å²) in [5.41, 5.74) is 2.32. The lowest BCUT2D eigenvalue weighted by Crippen LogP contribution is -2.40. The van der Waals surface area contributed by atoms with Crippen LogP contribution >= 0.6 is 49.9 Å². The Labute approximate surface area is 250 Å². The molecule has 4 aromatic rings. The number of carbonyl (C=O) groups is 1. The monoisotopic (exact) mass is 716 g/mol. The summed E-state index contributed by atoms with van der Waals surface area (Å²) in [5.74, 6) is 0.179. The van der Waals surface area contributed by atoms with E-state index < -0.39 is 12.0 Å². The normalized spacial score (nSPS) is 15.1. The van der Waals surface area contributed by atoms with Crippen molar-refractivity contribution in [2.24, 2.45) is 4.99 Å². The van der Waals surface area contributed by atoms with Gasteiger partial charge >= 0.3 is 5.97 Å². The number of phenols is 1. The van der Waals surface area contributed by atoms with Gasteiger partial charge < -0.3 is 14.6 Å². The van der Waals surface area contributed by atoms with E-state index in [1.807, 2.05) is 65.1 Å². The maximum atomic E-state index is 14.0. The van der Waals surface area contributed by atoms with Gasteiger partial charge in [0.15, 0.2) is 4.80 Å². The third-order valence-corrected chi connectivity index (χ3v) is 8.41. The summed E-state index contributed by atoms with van der Waals surface area (Å²) in [6.45, 7) is 1.91. The van der Waals surface area contributed by atoms with E-state index in [4.69, 9.17) is 14.5 Å². The predicted molar refractivity (Wildman–Crippen MR) is 163 cm³/mol. The Hall–Kier alpha value is -3.22. The smallest absolute Gasteiger partial charge is 0.338 e. The molecule has 10 heteroatoms. The molecule has 1 aliphatic rings. The summed E-state index contributed by atoms with van der Waals surface area (Å²) in [7, 11) is 1.58. The second-order valence-corrected chi connectivity index (χ2v) is 11.6. The fourth-order valence-electron chi connectivity index (χ4n) is 4.38. The van der Waals surface area contributed by atoms with Crippen molar-refractivity contribution in [1.29, 1.82) is 0 Å². The van der Waals surface area contributed by atoms with Crippen LogP contribution in [0, 0.1) is 3.57 Å². The highest BCUT2D eigenvalue weighted by Crippen LogP contribution is 2.36. The Balaban J connectivity index is 1.84. The van der Waals surface area contributed by atoms with Gasteiger partial charge in [-0.05, 0) is 65.4 Å². The highest BCUT2D eigenvalue weighted by atomic mass is 127. The number of aromatic nitrogens is 1. The van der Waals surface area contributed by atoms with Gasteiger partial charge in [-0.3, -0.25) is 9.36 Å². The van der Waals surface area contributed by atoms with E-state index in [0.29, 0.717) is 35.5 Å². The van der Waals surface area contributed by atoms with Gasteiger partial charge in [-0.25, -0.2) is 9.79 Å². The van der Waals surface area contributed by atoms with Gasteiger partial charge in [0.2, 0.25) is 0 Å². The molecule has 2 heterocycles. The molecule has 39 heavy (non-hydrogen) atoms. The van der Waals surface area contributed by atoms with E-state index in [9.17, 15) is 14.7 Å². The van der Waals surface area contributed by atoms with Crippen LogP contribution in [0.2, 0.25) is 0 Å². The lowest BCUT2D eigenvalue weighted by Gasteiger charge is -2.26. The number of thiazole rings is 1. The number of rotatable bonds is 6. The van der Waals surface area contributed by atoms with Gasteiger partial charge in [-0.15, -0.1) is 0 Å². The first-order valence-electron chi connectivity index (χ1n) is 11.9. The molecular weight excluding hydrogens is 695 g/mol. The van der Waals surface area contributed by atoms with Crippen molar-refractivity contribution < 1.29 is 19.4 Å². The Bertz CT molecular complexity index is 1780. The Kier molecular flexibility index (Phi) is 8.06. The number of benzene rings is 3. The van der Waals surface area contributed by atoms with Crippen LogP contribution in [0.1, 0.15) is 29.7 Å². The van der Waals surface area contributed by atoms with Crippen LogP contribution in [0.15, 0.2) is 86.6 Å². The highest BCUT2D eigenvalue weighted by Gasteiger charge is 2.35. The van der Waals surface area contributed by atoms with Gasteiger partial charge in [-0.2, -0.15) is 0 Å². The van der Waals surface area contributed by atoms with Crippen LogP contribution in [-0.2, 0) is 9.53 Å². The topological polar surface area (TPSA) is 90.1 Å². The van der Waals surface area contributed by atoms with Gasteiger partial charge in [0.1, 0.15) is 11.5 Å². The van der Waals surface area contributed by atoms with Crippen molar-refractivity contribution in [3.8, 4) is 11.5 Å². The molecule has 0 fully saturated rings. The molecule has 5 rings (SSSR count). The summed E-state index contributed by atoms with van der Waals surface area (Å²) in [6, 6.07) is 19.4. The summed E-state index contributed by atoms with van der Waals surface area (Å²) in [6.07, 6.45) is 1.65. The maximum Gasteiger partial charge on any atom is 0.338 e. The largest absolute Gasteiger partial charge is 0.506 e. The lowest BCUT2D eigenvalue weighted by molar-refractivity contribution is -0.138. The minimum absolute atomic E-state index is 0.0773. The Morgan fingerprint density at radius 3 is 2.56 bits per heavy atom. The molecule has 1 aromatic heterocycles. The van der Waals surface area contributed by atoms with Crippen molar-refractivity contribution in [3.05, 3.63) is 117 Å². The average molecular weight is 717 g/mol. The zero-order valence-corrected chi connectivity index (χ0v) is 25.4. The fourth-order valence-corrected chi connectivity index (χ4v) is 6.92. The molecule has 0 saturated heterocycles. The van der Waals surface area contributed by atoms with E-state index in [2.05, 4.69) is 15.9 Å². The minimum atomic E-state index is -0.792. The zero-order chi connectivity index (χ0) is 27.7. The summed E-state index contributed by atoms with van der Waals surface area (Å²) < 4.78 is 14.1. The number of carbonyl (C=O) groups excluding carboxylic acids is 1. The number of esters is 1. The number of hydrogen-bond donors (Lipinski definition) is 1. The van der Waals surface area contributed by atoms with Gasteiger partial charge in [0, 0.05) is 15.6 Å². The molecule has 0 amide bonds. The van der Waals surface area contributed by atoms with Crippen molar-refractivity contribution >= 4 is 67.6 Å². The van der Waals surface area contributed by atoms with E-state index in [0.717, 1.165) is 10.0 Å². The summed E-state index contributed by atoms with van der Waals surface area (Å²) >= 11 is 6.69. The Morgan fingerprint density at radius 2 is 1.90 bits per heavy atom. The van der Waals surface area contributed by atoms with Gasteiger partial charge in [-0.1, -0.05) is 69.7 Å². The standard InChI is InChI=1S/C29H22BrIN2O5S/c1-3-38-28(36)23-24(16-7-5-4-6-8-16)32-29-33(25(23)17-9-11-20(37-2)12-10-17)27(35)22(39-29)14-18-13-19(30)15-21(31)26(18)34/h4-15,25,34H,3H2,1-2H3/b22-14-/t25-/m1/s1. The molecule has 0 radical (unpaired) electrons. The first-order valence-corrected chi connectivity index (χ1v) is 14.6. The van der Waals surface area contributed by atoms with Crippen LogP contribution in [-0.4, -0.2) is 29.4 Å². The number of aromatic hydroxyl groups is 1. The molecule has 0 spiro atoms. The molecule has 0 aliphatic carbocycles. The van der Waals surface area contributed by atoms with Crippen LogP contribution < -0.4 is 19.6 Å². The molecular formula is C29H22BrIN2O5S. The molecule has 0 unspecified atom stereocenters. The lowest BCUT2D eigenvalue weighted by atomic mass is 9.93. The third-order valence-electron chi connectivity index (χ3n) is 6.15. The van der Waals surface area contributed by atoms with Gasteiger partial charge in [0.25, 0.3) is 5.56 Å². The molecule has 1 aliphatic heterocycles. The number of nitrogens with zero attached hydrogens (tertiary/aromatic N) is 2. The van der Waals surface area contributed by atoms with E-state index >= 15 is 0 Å². The van der Waals surface area contributed by atoms with Crippen molar-refractivity contribution in [2.45, 2.75) is 13.0 Å². The summed E-state index contributed by atoms with van der Waals surface area (Å²) in [5, 5.41) is 10.7. The van der Waals surface area contributed by atoms with Crippen LogP contribution in [0.5, 0.6) is 11.5 Å². The molecule has 0 bridgehead atoms. The number of fused-ring (bicyclic) bond motifs is 1. The number of phenolic OH excluding ortho intramolecular Hbond substituents is 1. The number of halogens is 2. The zero-order valence-electron chi connectivity index (χ0n) is 20.9. The second kappa shape index (κ2) is 11.5. The van der Waals surface area contributed by atoms with Crippen molar-refractivity contribution in [1.82, 2.24) is 4.57 Å². The van der Waals surface area contributed by atoms with E-state index in [1.165, 1.54) is 15.9 Å². The van der Waals surface area contributed by atoms with E-state index in [-0.39, 0.29) is 23.5 Å². The fraction of sp³-hybridized carbons (Fsp3) is 0.138. The number of ether oxygens (including phenoxy) is 2. The van der Waals surface area contributed by atoms with E-state index in [1.54, 1.807) is 44.4 Å². The first-order chi connectivity index (χ1) is 18.8. The van der Waals surface area contributed by atoms with Crippen molar-refractivity contribution in [3.63, 3.8) is 0 Å². The average Bonchev–Trinajstić information content (AvgIpc) is 3.25. The molecule has 0 saturated carbocycles. The highest BCUT2D eigenvalue weighted by molar-refractivity contribution is 14.1. The SMILES string of the molecule is CCOC(=O)C1=C(c2ccccc2)N=c2s/c(=C\c3cc(Br)cc(I)c3O)c(=O)n2[C@@H]1c1ccc(OC)cc1. The van der Waals surface area contributed by atoms with Crippen LogP contribution in [0.4, 0.5) is 0 Å². The maximum absolute atomic E-state index is 14.0. The molecule has 7 nitrogen and oxygen atoms in total. The summed E-state index contributed by atoms with van der Waals surface area (Å²) in [4.78, 5) is 32.7. The minimum Gasteiger partial charge on any atom is -0.506 e.